The van der Waals surface area contributed by atoms with Crippen LogP contribution in [0.5, 0.6) is 0 Å². The molecule has 0 spiro atoms. The molecule has 0 radical (unpaired) electrons. The molecule has 0 saturated carbocycles. The average Bonchev–Trinajstić information content (AvgIpc) is 2.28. The van der Waals surface area contributed by atoms with E-state index in [1.165, 1.54) is 6.07 Å². The third-order valence-corrected chi connectivity index (χ3v) is 2.12. The van der Waals surface area contributed by atoms with Gasteiger partial charge in [-0.2, -0.15) is 13.2 Å². The van der Waals surface area contributed by atoms with Crippen molar-refractivity contribution in [3.05, 3.63) is 35.4 Å². The van der Waals surface area contributed by atoms with Crippen LogP contribution >= 0.6 is 0 Å². The van der Waals surface area contributed by atoms with Crippen molar-refractivity contribution in [3.63, 3.8) is 0 Å². The van der Waals surface area contributed by atoms with E-state index in [2.05, 4.69) is 0 Å². The second-order valence-corrected chi connectivity index (χ2v) is 3.44. The van der Waals surface area contributed by atoms with Gasteiger partial charge in [0.15, 0.2) is 6.10 Å². The Morgan fingerprint density at radius 2 is 2.06 bits per heavy atom. The number of benzene rings is 1. The Hall–Kier alpha value is -1.60. The number of ether oxygens (including phenoxy) is 1. The van der Waals surface area contributed by atoms with Crippen molar-refractivity contribution < 1.29 is 32.9 Å². The Kier molecular flexibility index (Phi) is 4.69. The normalized spacial score (nSPS) is 13.3. The van der Waals surface area contributed by atoms with Crippen LogP contribution in [-0.4, -0.2) is 29.4 Å². The first kappa shape index (κ1) is 14.5. The Labute approximate surface area is 101 Å². The van der Waals surface area contributed by atoms with Gasteiger partial charge < -0.3 is 14.9 Å². The molecule has 0 aliphatic carbocycles. The Bertz CT molecular complexity index is 417. The average molecular weight is 264 g/mol. The number of hydrogen-bond donors (Lipinski definition) is 2. The monoisotopic (exact) mass is 264 g/mol. The van der Waals surface area contributed by atoms with Crippen LogP contribution in [0.2, 0.25) is 0 Å². The van der Waals surface area contributed by atoms with Crippen LogP contribution in [0.15, 0.2) is 24.3 Å². The van der Waals surface area contributed by atoms with Crippen LogP contribution in [0.3, 0.4) is 0 Å². The molecule has 0 aliphatic rings. The summed E-state index contributed by atoms with van der Waals surface area (Å²) in [5.41, 5.74) is -1.07. The lowest BCUT2D eigenvalue weighted by Gasteiger charge is -2.15. The number of aliphatic hydroxyl groups excluding tert-OH is 1. The highest BCUT2D eigenvalue weighted by molar-refractivity contribution is 5.74. The molecule has 1 aromatic carbocycles. The molecule has 0 aliphatic heterocycles. The van der Waals surface area contributed by atoms with E-state index in [1.54, 1.807) is 0 Å². The quantitative estimate of drug-likeness (QED) is 0.851. The highest BCUT2D eigenvalue weighted by atomic mass is 19.4. The Morgan fingerprint density at radius 1 is 1.39 bits per heavy atom. The topological polar surface area (TPSA) is 66.8 Å². The minimum atomic E-state index is -4.55. The van der Waals surface area contributed by atoms with E-state index in [4.69, 9.17) is 14.9 Å². The van der Waals surface area contributed by atoms with Crippen molar-refractivity contribution >= 4 is 5.97 Å². The highest BCUT2D eigenvalue weighted by Gasteiger charge is 2.32. The number of rotatable bonds is 5. The molecule has 1 unspecified atom stereocenters. The molecule has 1 atom stereocenters. The number of halogens is 3. The third-order valence-electron chi connectivity index (χ3n) is 2.12. The Balaban J connectivity index is 3.02. The predicted octanol–water partition coefficient (Wildman–Crippen LogP) is 1.84. The lowest BCUT2D eigenvalue weighted by Crippen LogP contribution is -2.18. The van der Waals surface area contributed by atoms with Gasteiger partial charge in [0.1, 0.15) is 0 Å². The maximum absolute atomic E-state index is 12.5. The fraction of sp³-hybridized carbons (Fsp3) is 0.364. The maximum atomic E-state index is 12.5. The predicted molar refractivity (Wildman–Crippen MR) is 54.9 cm³/mol. The summed E-state index contributed by atoms with van der Waals surface area (Å²) >= 11 is 0. The molecule has 7 heteroatoms. The minimum Gasteiger partial charge on any atom is -0.479 e. The third kappa shape index (κ3) is 3.71. The first-order chi connectivity index (χ1) is 8.36. The van der Waals surface area contributed by atoms with Gasteiger partial charge in [0.05, 0.1) is 18.8 Å². The van der Waals surface area contributed by atoms with Gasteiger partial charge in [-0.1, -0.05) is 12.1 Å². The van der Waals surface area contributed by atoms with E-state index < -0.39 is 30.4 Å². The summed E-state index contributed by atoms with van der Waals surface area (Å²) in [5, 5.41) is 17.4. The molecular weight excluding hydrogens is 253 g/mol. The van der Waals surface area contributed by atoms with Crippen molar-refractivity contribution in [2.45, 2.75) is 12.3 Å². The van der Waals surface area contributed by atoms with Gasteiger partial charge in [-0.3, -0.25) is 0 Å². The van der Waals surface area contributed by atoms with Crippen LogP contribution in [0.1, 0.15) is 17.2 Å². The van der Waals surface area contributed by atoms with Gasteiger partial charge in [-0.05, 0) is 17.7 Å². The summed E-state index contributed by atoms with van der Waals surface area (Å²) in [4.78, 5) is 10.9. The van der Waals surface area contributed by atoms with Gasteiger partial charge in [0.2, 0.25) is 0 Å². The molecule has 0 heterocycles. The van der Waals surface area contributed by atoms with Crippen molar-refractivity contribution in [1.29, 1.82) is 0 Å². The van der Waals surface area contributed by atoms with Gasteiger partial charge >= 0.3 is 12.1 Å². The number of carbonyl (C=O) groups is 1. The molecule has 0 amide bonds. The zero-order chi connectivity index (χ0) is 13.8. The standard InChI is InChI=1S/C11H11F3O4/c12-11(13,14)8-3-1-2-7(6-8)9(10(16)17)18-5-4-15/h1-3,6,9,15H,4-5H2,(H,16,17). The smallest absolute Gasteiger partial charge is 0.416 e. The van der Waals surface area contributed by atoms with Crippen molar-refractivity contribution in [2.75, 3.05) is 13.2 Å². The van der Waals surface area contributed by atoms with Crippen LogP contribution in [0.4, 0.5) is 13.2 Å². The van der Waals surface area contributed by atoms with E-state index in [0.717, 1.165) is 18.2 Å². The number of carboxylic acid groups (broad SMARTS) is 1. The number of aliphatic carboxylic acids is 1. The number of hydrogen-bond acceptors (Lipinski definition) is 3. The molecule has 4 nitrogen and oxygen atoms in total. The SMILES string of the molecule is O=C(O)C(OCCO)c1cccc(C(F)(F)F)c1. The molecule has 2 N–H and O–H groups in total. The van der Waals surface area contributed by atoms with Gasteiger partial charge in [-0.25, -0.2) is 4.79 Å². The Morgan fingerprint density at radius 3 is 2.56 bits per heavy atom. The lowest BCUT2D eigenvalue weighted by atomic mass is 10.1. The molecule has 0 aromatic heterocycles. The molecule has 1 aromatic rings. The zero-order valence-corrected chi connectivity index (χ0v) is 9.15. The van der Waals surface area contributed by atoms with Gasteiger partial charge in [-0.15, -0.1) is 0 Å². The molecule has 1 rings (SSSR count). The van der Waals surface area contributed by atoms with E-state index in [1.807, 2.05) is 0 Å². The van der Waals surface area contributed by atoms with Crippen molar-refractivity contribution in [1.82, 2.24) is 0 Å². The molecule has 100 valence electrons. The summed E-state index contributed by atoms with van der Waals surface area (Å²) in [6.45, 7) is -0.685. The minimum absolute atomic E-state index is 0.120. The van der Waals surface area contributed by atoms with Crippen LogP contribution in [0, 0.1) is 0 Å². The summed E-state index contributed by atoms with van der Waals surface area (Å²) in [5.74, 6) is -1.41. The second-order valence-electron chi connectivity index (χ2n) is 3.44. The maximum Gasteiger partial charge on any atom is 0.416 e. The van der Waals surface area contributed by atoms with Crippen LogP contribution in [0.25, 0.3) is 0 Å². The first-order valence-electron chi connectivity index (χ1n) is 4.98. The summed E-state index contributed by atoms with van der Waals surface area (Å²) in [6.07, 6.45) is -6.07. The number of aliphatic hydroxyl groups is 1. The molecule has 0 fully saturated rings. The highest BCUT2D eigenvalue weighted by Crippen LogP contribution is 2.31. The first-order valence-corrected chi connectivity index (χ1v) is 4.98. The summed E-state index contributed by atoms with van der Waals surface area (Å²) in [6, 6.07) is 3.90. The van der Waals surface area contributed by atoms with E-state index in [0.29, 0.717) is 0 Å². The molecule has 0 saturated heterocycles. The fourth-order valence-electron chi connectivity index (χ4n) is 1.36. The van der Waals surface area contributed by atoms with Crippen LogP contribution in [-0.2, 0) is 15.7 Å². The van der Waals surface area contributed by atoms with Gasteiger partial charge in [0, 0.05) is 0 Å². The van der Waals surface area contributed by atoms with Crippen molar-refractivity contribution in [3.8, 4) is 0 Å². The zero-order valence-electron chi connectivity index (χ0n) is 9.15. The number of carboxylic acids is 1. The molecule has 18 heavy (non-hydrogen) atoms. The lowest BCUT2D eigenvalue weighted by molar-refractivity contribution is -0.152. The summed E-state index contributed by atoms with van der Waals surface area (Å²) < 4.78 is 42.2. The van der Waals surface area contributed by atoms with Crippen molar-refractivity contribution in [2.24, 2.45) is 0 Å². The second kappa shape index (κ2) is 5.83. The van der Waals surface area contributed by atoms with E-state index in [-0.39, 0.29) is 12.2 Å². The molecule has 0 bridgehead atoms. The fourth-order valence-corrected chi connectivity index (χ4v) is 1.36. The molecular formula is C11H11F3O4. The van der Waals surface area contributed by atoms with Gasteiger partial charge in [0.25, 0.3) is 0 Å². The number of alkyl halides is 3. The largest absolute Gasteiger partial charge is 0.479 e. The van der Waals surface area contributed by atoms with Crippen LogP contribution < -0.4 is 0 Å². The summed E-state index contributed by atoms with van der Waals surface area (Å²) in [7, 11) is 0. The van der Waals surface area contributed by atoms with E-state index in [9.17, 15) is 18.0 Å². The van der Waals surface area contributed by atoms with E-state index >= 15 is 0 Å².